The molecule has 6 heteroatoms. The molecule has 21 heavy (non-hydrogen) atoms. The van der Waals surface area contributed by atoms with Crippen molar-refractivity contribution in [2.24, 2.45) is 5.73 Å². The molecular formula is C15H23N3O2S. The van der Waals surface area contributed by atoms with Crippen LogP contribution in [0.5, 0.6) is 0 Å². The number of nitrogens with two attached hydrogens (primary N) is 1. The minimum absolute atomic E-state index is 0.230. The number of amides is 3. The normalized spacial score (nSPS) is 11.8. The van der Waals surface area contributed by atoms with Crippen molar-refractivity contribution in [3.05, 3.63) is 29.3 Å². The number of thioether (sulfide) groups is 1. The average molecular weight is 309 g/mol. The number of anilines is 1. The molecule has 0 aliphatic rings. The van der Waals surface area contributed by atoms with Crippen molar-refractivity contribution < 1.29 is 9.59 Å². The van der Waals surface area contributed by atoms with Crippen molar-refractivity contribution in [3.63, 3.8) is 0 Å². The van der Waals surface area contributed by atoms with Crippen LogP contribution >= 0.6 is 11.8 Å². The predicted molar refractivity (Wildman–Crippen MR) is 88.7 cm³/mol. The molecule has 0 aliphatic heterocycles. The van der Waals surface area contributed by atoms with Crippen LogP contribution in [-0.2, 0) is 11.2 Å². The number of urea groups is 1. The zero-order valence-corrected chi connectivity index (χ0v) is 13.5. The molecule has 3 amide bonds. The number of nitrogens with one attached hydrogen (secondary N) is 2. The second-order valence-corrected chi connectivity index (χ2v) is 5.78. The Morgan fingerprint density at radius 3 is 2.67 bits per heavy atom. The molecule has 1 aromatic carbocycles. The molecule has 5 nitrogen and oxygen atoms in total. The Labute approximate surface area is 130 Å². The summed E-state index contributed by atoms with van der Waals surface area (Å²) in [6.07, 6.45) is 3.33. The zero-order chi connectivity index (χ0) is 15.8. The van der Waals surface area contributed by atoms with Crippen LogP contribution in [-0.4, -0.2) is 30.0 Å². The van der Waals surface area contributed by atoms with Gasteiger partial charge in [0.2, 0.25) is 5.91 Å². The molecule has 4 N–H and O–H groups in total. The number of benzene rings is 1. The van der Waals surface area contributed by atoms with Crippen molar-refractivity contribution in [2.45, 2.75) is 32.7 Å². The number of hydrogen-bond donors (Lipinski definition) is 3. The fourth-order valence-electron chi connectivity index (χ4n) is 2.09. The summed E-state index contributed by atoms with van der Waals surface area (Å²) in [6, 6.07) is 4.61. The molecule has 1 unspecified atom stereocenters. The highest BCUT2D eigenvalue weighted by atomic mass is 32.2. The Morgan fingerprint density at radius 1 is 1.38 bits per heavy atom. The number of carbonyl (C=O) groups is 2. The number of aryl methyl sites for hydroxylation is 2. The fourth-order valence-corrected chi connectivity index (χ4v) is 2.56. The minimum Gasteiger partial charge on any atom is -0.352 e. The van der Waals surface area contributed by atoms with Gasteiger partial charge in [0, 0.05) is 5.69 Å². The number of hydrogen-bond acceptors (Lipinski definition) is 3. The molecule has 0 saturated carbocycles. The Balaban J connectivity index is 2.88. The van der Waals surface area contributed by atoms with Gasteiger partial charge in [-0.3, -0.25) is 4.79 Å². The van der Waals surface area contributed by atoms with E-state index in [2.05, 4.69) is 10.6 Å². The van der Waals surface area contributed by atoms with Gasteiger partial charge in [-0.25, -0.2) is 4.79 Å². The Hall–Kier alpha value is -1.69. The van der Waals surface area contributed by atoms with E-state index in [4.69, 9.17) is 5.73 Å². The third kappa shape index (κ3) is 5.30. The highest BCUT2D eigenvalue weighted by Gasteiger charge is 2.20. The topological polar surface area (TPSA) is 84.2 Å². The van der Waals surface area contributed by atoms with Crippen molar-refractivity contribution in [1.82, 2.24) is 5.32 Å². The quantitative estimate of drug-likeness (QED) is 0.722. The van der Waals surface area contributed by atoms with Crippen molar-refractivity contribution in [3.8, 4) is 0 Å². The number of carbonyl (C=O) groups excluding carboxylic acids is 2. The van der Waals surface area contributed by atoms with E-state index >= 15 is 0 Å². The van der Waals surface area contributed by atoms with E-state index in [1.165, 1.54) is 0 Å². The maximum Gasteiger partial charge on any atom is 0.312 e. The van der Waals surface area contributed by atoms with Gasteiger partial charge in [-0.1, -0.05) is 25.1 Å². The molecule has 1 aromatic rings. The molecule has 0 spiro atoms. The summed E-state index contributed by atoms with van der Waals surface area (Å²) in [5.74, 6) is 0.541. The monoisotopic (exact) mass is 309 g/mol. The lowest BCUT2D eigenvalue weighted by Crippen LogP contribution is -2.46. The van der Waals surface area contributed by atoms with Crippen LogP contribution in [0.1, 0.15) is 24.5 Å². The first-order valence-electron chi connectivity index (χ1n) is 6.93. The van der Waals surface area contributed by atoms with E-state index < -0.39 is 12.1 Å². The average Bonchev–Trinajstić information content (AvgIpc) is 2.45. The minimum atomic E-state index is -0.684. The van der Waals surface area contributed by atoms with Gasteiger partial charge in [-0.15, -0.1) is 0 Å². The van der Waals surface area contributed by atoms with E-state index in [9.17, 15) is 9.59 Å². The summed E-state index contributed by atoms with van der Waals surface area (Å²) >= 11 is 1.62. The highest BCUT2D eigenvalue weighted by Crippen LogP contribution is 2.21. The maximum absolute atomic E-state index is 12.4. The summed E-state index contributed by atoms with van der Waals surface area (Å²) < 4.78 is 0. The third-order valence-corrected chi connectivity index (χ3v) is 3.88. The van der Waals surface area contributed by atoms with E-state index in [-0.39, 0.29) is 5.91 Å². The van der Waals surface area contributed by atoms with E-state index in [1.807, 2.05) is 38.3 Å². The lowest BCUT2D eigenvalue weighted by molar-refractivity contribution is -0.118. The Kier molecular flexibility index (Phi) is 7.08. The number of primary amides is 1. The summed E-state index contributed by atoms with van der Waals surface area (Å²) in [7, 11) is 0. The summed E-state index contributed by atoms with van der Waals surface area (Å²) in [5.41, 5.74) is 8.05. The molecule has 0 aliphatic carbocycles. The van der Waals surface area contributed by atoms with Crippen LogP contribution in [0.2, 0.25) is 0 Å². The van der Waals surface area contributed by atoms with E-state index in [0.29, 0.717) is 6.42 Å². The molecule has 0 radical (unpaired) electrons. The zero-order valence-electron chi connectivity index (χ0n) is 12.7. The lowest BCUT2D eigenvalue weighted by atomic mass is 10.1. The van der Waals surface area contributed by atoms with Crippen LogP contribution in [0, 0.1) is 6.92 Å². The second-order valence-electron chi connectivity index (χ2n) is 4.79. The SMILES string of the molecule is CCc1cccc(C)c1NC(=O)C(CCSC)NC(N)=O. The first-order valence-corrected chi connectivity index (χ1v) is 8.33. The lowest BCUT2D eigenvalue weighted by Gasteiger charge is -2.19. The van der Waals surface area contributed by atoms with Crippen molar-refractivity contribution in [1.29, 1.82) is 0 Å². The van der Waals surface area contributed by atoms with Crippen LogP contribution in [0.15, 0.2) is 18.2 Å². The standard InChI is InChI=1S/C15H23N3O2S/c1-4-11-7-5-6-10(2)13(11)18-14(19)12(8-9-21-3)17-15(16)20/h5-7,12H,4,8-9H2,1-3H3,(H,18,19)(H3,16,17,20). The smallest absolute Gasteiger partial charge is 0.312 e. The molecule has 0 fully saturated rings. The van der Waals surface area contributed by atoms with Crippen molar-refractivity contribution >= 4 is 29.4 Å². The van der Waals surface area contributed by atoms with Gasteiger partial charge in [0.05, 0.1) is 0 Å². The number of rotatable bonds is 7. The maximum atomic E-state index is 12.4. The van der Waals surface area contributed by atoms with Gasteiger partial charge in [-0.2, -0.15) is 11.8 Å². The summed E-state index contributed by atoms with van der Waals surface area (Å²) in [6.45, 7) is 3.99. The van der Waals surface area contributed by atoms with Crippen LogP contribution in [0.4, 0.5) is 10.5 Å². The molecule has 0 saturated heterocycles. The van der Waals surface area contributed by atoms with Gasteiger partial charge < -0.3 is 16.4 Å². The predicted octanol–water partition coefficient (Wildman–Crippen LogP) is 2.29. The van der Waals surface area contributed by atoms with E-state index in [1.54, 1.807) is 11.8 Å². The molecule has 0 bridgehead atoms. The summed E-state index contributed by atoms with van der Waals surface area (Å²) in [5, 5.41) is 5.43. The highest BCUT2D eigenvalue weighted by molar-refractivity contribution is 7.98. The summed E-state index contributed by atoms with van der Waals surface area (Å²) in [4.78, 5) is 23.4. The van der Waals surface area contributed by atoms with Crippen LogP contribution < -0.4 is 16.4 Å². The van der Waals surface area contributed by atoms with Crippen LogP contribution in [0.3, 0.4) is 0 Å². The van der Waals surface area contributed by atoms with Gasteiger partial charge in [0.1, 0.15) is 6.04 Å². The third-order valence-electron chi connectivity index (χ3n) is 3.23. The molecule has 116 valence electrons. The van der Waals surface area contributed by atoms with E-state index in [0.717, 1.165) is 29.0 Å². The first-order chi connectivity index (χ1) is 9.99. The fraction of sp³-hybridized carbons (Fsp3) is 0.467. The molecule has 1 rings (SSSR count). The molecular weight excluding hydrogens is 286 g/mol. The van der Waals surface area contributed by atoms with Gasteiger partial charge >= 0.3 is 6.03 Å². The molecule has 0 heterocycles. The number of para-hydroxylation sites is 1. The van der Waals surface area contributed by atoms with Crippen molar-refractivity contribution in [2.75, 3.05) is 17.3 Å². The van der Waals surface area contributed by atoms with Gasteiger partial charge in [-0.05, 0) is 42.9 Å². The second kappa shape index (κ2) is 8.56. The Bertz CT molecular complexity index is 506. The van der Waals surface area contributed by atoms with Gasteiger partial charge in [0.25, 0.3) is 0 Å². The molecule has 0 aromatic heterocycles. The molecule has 1 atom stereocenters. The largest absolute Gasteiger partial charge is 0.352 e. The Morgan fingerprint density at radius 2 is 2.10 bits per heavy atom. The van der Waals surface area contributed by atoms with Crippen LogP contribution in [0.25, 0.3) is 0 Å². The van der Waals surface area contributed by atoms with Gasteiger partial charge in [0.15, 0.2) is 0 Å². The first kappa shape index (κ1) is 17.4.